The standard InChI is InChI=1S/C19H22ClNO5S/c1-25-17-7-8-18(26-2)19-15(17)11-21(12-16(19)22)9-10-27(23,24)14-5-3-13(20)4-6-14/h3-8,16,22H,9-12H2,1-2H3/t16-/m0/s1. The van der Waals surface area contributed by atoms with Crippen LogP contribution in [0.4, 0.5) is 0 Å². The maximum atomic E-state index is 12.6. The average molecular weight is 412 g/mol. The van der Waals surface area contributed by atoms with E-state index in [1.807, 2.05) is 4.90 Å². The van der Waals surface area contributed by atoms with Crippen molar-refractivity contribution in [1.82, 2.24) is 4.90 Å². The highest BCUT2D eigenvalue weighted by molar-refractivity contribution is 7.91. The minimum Gasteiger partial charge on any atom is -0.496 e. The summed E-state index contributed by atoms with van der Waals surface area (Å²) in [5, 5.41) is 11.1. The van der Waals surface area contributed by atoms with Gasteiger partial charge in [0, 0.05) is 35.8 Å². The van der Waals surface area contributed by atoms with Gasteiger partial charge in [0.2, 0.25) is 0 Å². The Morgan fingerprint density at radius 3 is 2.37 bits per heavy atom. The van der Waals surface area contributed by atoms with Crippen LogP contribution in [0.1, 0.15) is 17.2 Å². The first-order chi connectivity index (χ1) is 12.9. The van der Waals surface area contributed by atoms with E-state index in [9.17, 15) is 13.5 Å². The first kappa shape index (κ1) is 19.9. The number of halogens is 1. The summed E-state index contributed by atoms with van der Waals surface area (Å²) in [6, 6.07) is 9.69. The molecule has 0 spiro atoms. The molecule has 6 nitrogen and oxygen atoms in total. The highest BCUT2D eigenvalue weighted by Gasteiger charge is 2.30. The van der Waals surface area contributed by atoms with Gasteiger partial charge in [0.05, 0.1) is 31.0 Å². The van der Waals surface area contributed by atoms with Crippen molar-refractivity contribution >= 4 is 21.4 Å². The Labute approximate surface area is 164 Å². The number of hydrogen-bond acceptors (Lipinski definition) is 6. The van der Waals surface area contributed by atoms with Gasteiger partial charge in [0.25, 0.3) is 0 Å². The van der Waals surface area contributed by atoms with Gasteiger partial charge in [-0.25, -0.2) is 8.42 Å². The lowest BCUT2D eigenvalue weighted by Crippen LogP contribution is -2.37. The maximum absolute atomic E-state index is 12.6. The van der Waals surface area contributed by atoms with Crippen molar-refractivity contribution in [2.24, 2.45) is 0 Å². The highest BCUT2D eigenvalue weighted by Crippen LogP contribution is 2.39. The summed E-state index contributed by atoms with van der Waals surface area (Å²) in [5.74, 6) is 1.20. The summed E-state index contributed by atoms with van der Waals surface area (Å²) in [6.45, 7) is 1.09. The molecule has 0 saturated carbocycles. The number of hydrogen-bond donors (Lipinski definition) is 1. The molecule has 3 rings (SSSR count). The van der Waals surface area contributed by atoms with E-state index in [0.29, 0.717) is 41.7 Å². The smallest absolute Gasteiger partial charge is 0.179 e. The summed E-state index contributed by atoms with van der Waals surface area (Å²) in [4.78, 5) is 2.15. The normalized spacial score (nSPS) is 17.4. The van der Waals surface area contributed by atoms with E-state index < -0.39 is 15.9 Å². The van der Waals surface area contributed by atoms with E-state index >= 15 is 0 Å². The Balaban J connectivity index is 1.78. The number of rotatable bonds is 6. The third-order valence-electron chi connectivity index (χ3n) is 4.71. The van der Waals surface area contributed by atoms with Crippen molar-refractivity contribution in [1.29, 1.82) is 0 Å². The minimum atomic E-state index is -3.44. The predicted molar refractivity (Wildman–Crippen MR) is 103 cm³/mol. The maximum Gasteiger partial charge on any atom is 0.179 e. The molecule has 0 aliphatic carbocycles. The van der Waals surface area contributed by atoms with Crippen LogP contribution < -0.4 is 9.47 Å². The molecule has 1 aliphatic heterocycles. The second-order valence-corrected chi connectivity index (χ2v) is 8.93. The van der Waals surface area contributed by atoms with Crippen molar-refractivity contribution in [2.45, 2.75) is 17.5 Å². The van der Waals surface area contributed by atoms with Gasteiger partial charge < -0.3 is 14.6 Å². The number of aliphatic hydroxyl groups is 1. The summed E-state index contributed by atoms with van der Waals surface area (Å²) in [7, 11) is -0.314. The van der Waals surface area contributed by atoms with E-state index in [1.165, 1.54) is 12.1 Å². The van der Waals surface area contributed by atoms with Crippen LogP contribution in [-0.4, -0.2) is 51.5 Å². The summed E-state index contributed by atoms with van der Waals surface area (Å²) < 4.78 is 35.9. The van der Waals surface area contributed by atoms with Gasteiger partial charge in [-0.1, -0.05) is 11.6 Å². The monoisotopic (exact) mass is 411 g/mol. The SMILES string of the molecule is COc1ccc(OC)c2c1CN(CCS(=O)(=O)c1ccc(Cl)cc1)C[C@@H]2O. The van der Waals surface area contributed by atoms with Crippen molar-refractivity contribution in [3.63, 3.8) is 0 Å². The van der Waals surface area contributed by atoms with Crippen molar-refractivity contribution in [2.75, 3.05) is 33.1 Å². The zero-order valence-electron chi connectivity index (χ0n) is 15.2. The zero-order valence-corrected chi connectivity index (χ0v) is 16.8. The minimum absolute atomic E-state index is 0.0526. The predicted octanol–water partition coefficient (Wildman–Crippen LogP) is 2.68. The van der Waals surface area contributed by atoms with Gasteiger partial charge in [-0.2, -0.15) is 0 Å². The fourth-order valence-corrected chi connectivity index (χ4v) is 4.74. The Morgan fingerprint density at radius 2 is 1.74 bits per heavy atom. The number of fused-ring (bicyclic) bond motifs is 1. The lowest BCUT2D eigenvalue weighted by Gasteiger charge is -2.33. The van der Waals surface area contributed by atoms with Crippen LogP contribution in [-0.2, 0) is 16.4 Å². The summed E-state index contributed by atoms with van der Waals surface area (Å²) in [6.07, 6.45) is -0.781. The molecule has 1 atom stereocenters. The molecule has 27 heavy (non-hydrogen) atoms. The van der Waals surface area contributed by atoms with Crippen LogP contribution in [0.15, 0.2) is 41.3 Å². The van der Waals surface area contributed by atoms with Crippen LogP contribution in [0.5, 0.6) is 11.5 Å². The largest absolute Gasteiger partial charge is 0.496 e. The van der Waals surface area contributed by atoms with Gasteiger partial charge in [0.15, 0.2) is 9.84 Å². The van der Waals surface area contributed by atoms with Crippen LogP contribution in [0.25, 0.3) is 0 Å². The summed E-state index contributed by atoms with van der Waals surface area (Å²) in [5.41, 5.74) is 1.52. The Kier molecular flexibility index (Phi) is 5.95. The molecule has 0 amide bonds. The molecule has 0 saturated heterocycles. The van der Waals surface area contributed by atoms with Crippen molar-refractivity contribution < 1.29 is 23.0 Å². The second kappa shape index (κ2) is 8.06. The molecule has 1 N–H and O–H groups in total. The van der Waals surface area contributed by atoms with E-state index in [2.05, 4.69) is 0 Å². The molecular formula is C19H22ClNO5S. The van der Waals surface area contributed by atoms with Gasteiger partial charge in [0.1, 0.15) is 11.5 Å². The lowest BCUT2D eigenvalue weighted by molar-refractivity contribution is 0.0920. The molecule has 146 valence electrons. The van der Waals surface area contributed by atoms with Gasteiger partial charge in [-0.3, -0.25) is 4.90 Å². The second-order valence-electron chi connectivity index (χ2n) is 6.39. The number of aliphatic hydroxyl groups excluding tert-OH is 1. The van der Waals surface area contributed by atoms with E-state index in [-0.39, 0.29) is 10.6 Å². The molecule has 0 unspecified atom stereocenters. The van der Waals surface area contributed by atoms with Crippen molar-refractivity contribution in [3.05, 3.63) is 52.5 Å². The summed E-state index contributed by atoms with van der Waals surface area (Å²) >= 11 is 5.82. The Bertz CT molecular complexity index is 914. The molecular weight excluding hydrogens is 390 g/mol. The third-order valence-corrected chi connectivity index (χ3v) is 6.67. The van der Waals surface area contributed by atoms with Gasteiger partial charge in [-0.15, -0.1) is 0 Å². The first-order valence-corrected chi connectivity index (χ1v) is 10.5. The Morgan fingerprint density at radius 1 is 1.11 bits per heavy atom. The molecule has 0 bridgehead atoms. The Hall–Kier alpha value is -1.80. The molecule has 1 heterocycles. The van der Waals surface area contributed by atoms with Gasteiger partial charge in [-0.05, 0) is 36.4 Å². The van der Waals surface area contributed by atoms with E-state index in [1.54, 1.807) is 38.5 Å². The molecule has 0 fully saturated rings. The van der Waals surface area contributed by atoms with Crippen molar-refractivity contribution in [3.8, 4) is 11.5 Å². The number of β-amino-alcohol motifs (C(OH)–C–C–N with tert-alkyl or cyclic N) is 1. The highest BCUT2D eigenvalue weighted by atomic mass is 35.5. The van der Waals surface area contributed by atoms with E-state index in [4.69, 9.17) is 21.1 Å². The quantitative estimate of drug-likeness (QED) is 0.787. The molecule has 2 aromatic rings. The molecule has 0 radical (unpaired) electrons. The van der Waals surface area contributed by atoms with Crippen LogP contribution >= 0.6 is 11.6 Å². The lowest BCUT2D eigenvalue weighted by atomic mass is 9.95. The van der Waals surface area contributed by atoms with Crippen LogP contribution in [0, 0.1) is 0 Å². The fourth-order valence-electron chi connectivity index (χ4n) is 3.32. The topological polar surface area (TPSA) is 76.1 Å². The molecule has 8 heteroatoms. The van der Waals surface area contributed by atoms with Gasteiger partial charge >= 0.3 is 0 Å². The fraction of sp³-hybridized carbons (Fsp3) is 0.368. The molecule has 2 aromatic carbocycles. The molecule has 0 aromatic heterocycles. The number of benzene rings is 2. The van der Waals surface area contributed by atoms with Crippen LogP contribution in [0.2, 0.25) is 5.02 Å². The first-order valence-electron chi connectivity index (χ1n) is 8.48. The van der Waals surface area contributed by atoms with E-state index in [0.717, 1.165) is 5.56 Å². The number of sulfone groups is 1. The zero-order chi connectivity index (χ0) is 19.6. The molecule has 1 aliphatic rings. The number of nitrogens with zero attached hydrogens (tertiary/aromatic N) is 1. The van der Waals surface area contributed by atoms with Crippen LogP contribution in [0.3, 0.4) is 0 Å². The third kappa shape index (κ3) is 4.21. The number of ether oxygens (including phenoxy) is 2. The number of methoxy groups -OCH3 is 2. The average Bonchev–Trinajstić information content (AvgIpc) is 2.66.